The van der Waals surface area contributed by atoms with Crippen molar-refractivity contribution in [1.82, 2.24) is 0 Å². The Hall–Kier alpha value is -1.76. The standard InChI is InChI=1S/C6H5F7O2.C5H7F3O2/c1-2(14)15-4(9)6(12,13)5(10,11)3(7)8;1-10-5(9)4(8)3(7)2-6/h3-4H,1H3;3-4H,2H2,1H3. The Labute approximate surface area is 134 Å². The predicted molar refractivity (Wildman–Crippen MR) is 60.3 cm³/mol. The summed E-state index contributed by atoms with van der Waals surface area (Å²) in [6.07, 6.45) is -13.8. The summed E-state index contributed by atoms with van der Waals surface area (Å²) < 4.78 is 126. The van der Waals surface area contributed by atoms with Crippen molar-refractivity contribution < 1.29 is 63.0 Å². The molecule has 0 radical (unpaired) electrons. The molecule has 0 saturated carbocycles. The maximum atomic E-state index is 12.3. The third kappa shape index (κ3) is 7.34. The first-order chi connectivity index (χ1) is 11.2. The first kappa shape index (κ1) is 25.5. The summed E-state index contributed by atoms with van der Waals surface area (Å²) in [6.45, 7) is -1.06. The Morgan fingerprint density at radius 1 is 0.960 bits per heavy atom. The first-order valence-electron chi connectivity index (χ1n) is 5.93. The van der Waals surface area contributed by atoms with Gasteiger partial charge in [-0.1, -0.05) is 0 Å². The van der Waals surface area contributed by atoms with Gasteiger partial charge in [-0.05, 0) is 0 Å². The maximum absolute atomic E-state index is 12.3. The Morgan fingerprint density at radius 3 is 1.68 bits per heavy atom. The highest BCUT2D eigenvalue weighted by atomic mass is 19.3. The van der Waals surface area contributed by atoms with E-state index in [1.807, 2.05) is 0 Å². The lowest BCUT2D eigenvalue weighted by Gasteiger charge is -2.27. The van der Waals surface area contributed by atoms with E-state index in [0.29, 0.717) is 6.92 Å². The van der Waals surface area contributed by atoms with Gasteiger partial charge in [0.1, 0.15) is 6.67 Å². The minimum Gasteiger partial charge on any atom is -0.467 e. The summed E-state index contributed by atoms with van der Waals surface area (Å²) in [5.41, 5.74) is 0. The van der Waals surface area contributed by atoms with Gasteiger partial charge in [-0.2, -0.15) is 22.0 Å². The van der Waals surface area contributed by atoms with Gasteiger partial charge in [-0.15, -0.1) is 0 Å². The first-order valence-corrected chi connectivity index (χ1v) is 5.93. The number of hydrogen-bond acceptors (Lipinski definition) is 4. The fourth-order valence-electron chi connectivity index (χ4n) is 0.855. The molecule has 0 aromatic rings. The number of ether oxygens (including phenoxy) is 2. The number of halogens is 10. The fourth-order valence-corrected chi connectivity index (χ4v) is 0.855. The van der Waals surface area contributed by atoms with E-state index in [9.17, 15) is 53.5 Å². The lowest BCUT2D eigenvalue weighted by molar-refractivity contribution is -0.318. The molecule has 25 heavy (non-hydrogen) atoms. The summed E-state index contributed by atoms with van der Waals surface area (Å²) in [4.78, 5) is 20.1. The van der Waals surface area contributed by atoms with Crippen LogP contribution < -0.4 is 0 Å². The topological polar surface area (TPSA) is 52.6 Å². The average molecular weight is 398 g/mol. The summed E-state index contributed by atoms with van der Waals surface area (Å²) in [6, 6.07) is 0. The lowest BCUT2D eigenvalue weighted by Crippen LogP contribution is -2.53. The Morgan fingerprint density at radius 2 is 1.40 bits per heavy atom. The predicted octanol–water partition coefficient (Wildman–Crippen LogP) is 3.19. The molecule has 0 aliphatic carbocycles. The molecule has 4 nitrogen and oxygen atoms in total. The second-order valence-corrected chi connectivity index (χ2v) is 4.07. The number of methoxy groups -OCH3 is 1. The van der Waals surface area contributed by atoms with Crippen molar-refractivity contribution in [3.8, 4) is 0 Å². The number of rotatable bonds is 7. The van der Waals surface area contributed by atoms with E-state index in [2.05, 4.69) is 9.47 Å². The van der Waals surface area contributed by atoms with Crippen LogP contribution in [0.5, 0.6) is 0 Å². The van der Waals surface area contributed by atoms with Gasteiger partial charge in [-0.25, -0.2) is 26.7 Å². The summed E-state index contributed by atoms with van der Waals surface area (Å²) in [7, 11) is 0.903. The number of carbonyl (C=O) groups is 2. The van der Waals surface area contributed by atoms with Crippen LogP contribution >= 0.6 is 0 Å². The van der Waals surface area contributed by atoms with E-state index < -0.39 is 55.6 Å². The smallest absolute Gasteiger partial charge is 0.381 e. The van der Waals surface area contributed by atoms with Gasteiger partial charge in [0.15, 0.2) is 6.17 Å². The second-order valence-electron chi connectivity index (χ2n) is 4.07. The summed E-state index contributed by atoms with van der Waals surface area (Å²) in [5.74, 6) is -14.7. The molecular weight excluding hydrogens is 386 g/mol. The zero-order valence-corrected chi connectivity index (χ0v) is 12.4. The van der Waals surface area contributed by atoms with Crippen molar-refractivity contribution in [2.75, 3.05) is 13.8 Å². The molecule has 150 valence electrons. The molecule has 3 unspecified atom stereocenters. The van der Waals surface area contributed by atoms with Gasteiger partial charge in [0.2, 0.25) is 6.17 Å². The third-order valence-electron chi connectivity index (χ3n) is 2.16. The van der Waals surface area contributed by atoms with Crippen molar-refractivity contribution in [1.29, 1.82) is 0 Å². The van der Waals surface area contributed by atoms with Crippen LogP contribution in [-0.4, -0.2) is 62.7 Å². The highest BCUT2D eigenvalue weighted by molar-refractivity contribution is 5.75. The van der Waals surface area contributed by atoms with Crippen molar-refractivity contribution in [3.63, 3.8) is 0 Å². The fraction of sp³-hybridized carbons (Fsp3) is 0.818. The Balaban J connectivity index is 0. The minimum absolute atomic E-state index is 0.461. The molecule has 0 aliphatic heterocycles. The largest absolute Gasteiger partial charge is 0.467 e. The number of hydrogen-bond donors (Lipinski definition) is 0. The minimum atomic E-state index is -5.91. The van der Waals surface area contributed by atoms with E-state index >= 15 is 0 Å². The van der Waals surface area contributed by atoms with Gasteiger partial charge in [-0.3, -0.25) is 4.79 Å². The van der Waals surface area contributed by atoms with Crippen molar-refractivity contribution in [2.24, 2.45) is 0 Å². The lowest BCUT2D eigenvalue weighted by atomic mass is 10.2. The highest BCUT2D eigenvalue weighted by Gasteiger charge is 2.69. The van der Waals surface area contributed by atoms with Crippen LogP contribution in [0.3, 0.4) is 0 Å². The van der Waals surface area contributed by atoms with Crippen LogP contribution in [0.15, 0.2) is 0 Å². The SMILES string of the molecule is CC(=O)OC(F)C(F)(F)C(F)(F)C(F)F.COC(=O)C(F)C(F)CF. The Bertz CT molecular complexity index is 431. The summed E-state index contributed by atoms with van der Waals surface area (Å²) >= 11 is 0. The number of carbonyl (C=O) groups excluding carboxylic acids is 2. The van der Waals surface area contributed by atoms with Crippen LogP contribution in [0.2, 0.25) is 0 Å². The molecule has 14 heteroatoms. The third-order valence-corrected chi connectivity index (χ3v) is 2.16. The van der Waals surface area contributed by atoms with E-state index in [4.69, 9.17) is 0 Å². The van der Waals surface area contributed by atoms with Crippen LogP contribution in [-0.2, 0) is 19.1 Å². The van der Waals surface area contributed by atoms with Gasteiger partial charge in [0.25, 0.3) is 0 Å². The molecule has 0 rings (SSSR count). The molecule has 0 fully saturated rings. The summed E-state index contributed by atoms with van der Waals surface area (Å²) in [5, 5.41) is 0. The molecule has 3 atom stereocenters. The van der Waals surface area contributed by atoms with E-state index in [-0.39, 0.29) is 0 Å². The average Bonchev–Trinajstić information content (AvgIpc) is 2.51. The normalized spacial score (nSPS) is 15.6. The zero-order chi connectivity index (χ0) is 20.6. The molecule has 0 aromatic heterocycles. The van der Waals surface area contributed by atoms with E-state index in [0.717, 1.165) is 7.11 Å². The molecule has 0 saturated heterocycles. The molecule has 0 bridgehead atoms. The molecule has 0 spiro atoms. The van der Waals surface area contributed by atoms with Crippen molar-refractivity contribution >= 4 is 11.9 Å². The van der Waals surface area contributed by atoms with Crippen LogP contribution in [0.4, 0.5) is 43.9 Å². The molecule has 0 amide bonds. The van der Waals surface area contributed by atoms with E-state index in [1.165, 1.54) is 0 Å². The quantitative estimate of drug-likeness (QED) is 0.489. The number of alkyl halides is 10. The van der Waals surface area contributed by atoms with Gasteiger partial charge < -0.3 is 9.47 Å². The van der Waals surface area contributed by atoms with Crippen molar-refractivity contribution in [2.45, 2.75) is 43.9 Å². The van der Waals surface area contributed by atoms with Gasteiger partial charge in [0, 0.05) is 6.92 Å². The monoisotopic (exact) mass is 398 g/mol. The molecule has 0 heterocycles. The molecule has 0 N–H and O–H groups in total. The van der Waals surface area contributed by atoms with E-state index in [1.54, 1.807) is 0 Å². The van der Waals surface area contributed by atoms with Gasteiger partial charge >= 0.3 is 36.6 Å². The van der Waals surface area contributed by atoms with Crippen LogP contribution in [0.25, 0.3) is 0 Å². The molecule has 0 aliphatic rings. The zero-order valence-electron chi connectivity index (χ0n) is 12.4. The highest BCUT2D eigenvalue weighted by Crippen LogP contribution is 2.42. The van der Waals surface area contributed by atoms with Crippen LogP contribution in [0, 0.1) is 0 Å². The van der Waals surface area contributed by atoms with Crippen molar-refractivity contribution in [3.05, 3.63) is 0 Å². The maximum Gasteiger partial charge on any atom is 0.381 e. The number of esters is 2. The molecular formula is C11H12F10O4. The van der Waals surface area contributed by atoms with Crippen LogP contribution in [0.1, 0.15) is 6.92 Å². The Kier molecular flexibility index (Phi) is 10.5. The molecule has 0 aromatic carbocycles. The van der Waals surface area contributed by atoms with Gasteiger partial charge in [0.05, 0.1) is 7.11 Å². The second kappa shape index (κ2) is 10.3.